The SMILES string of the molecule is [2H][C@](Nc1cc(Cl)c2ncc(C#N)c(NC3(c4ccccc4)CC3)c2c1)(C1=CN(C2CC2)NN1)c1ccccc1Cl. The van der Waals surface area contributed by atoms with Crippen molar-refractivity contribution in [3.8, 4) is 6.07 Å². The summed E-state index contributed by atoms with van der Waals surface area (Å²) in [6.07, 6.45) is 7.57. The molecule has 0 radical (unpaired) electrons. The molecule has 0 bridgehead atoms. The first kappa shape index (κ1) is 23.9. The van der Waals surface area contributed by atoms with Crippen LogP contribution in [0.1, 0.15) is 49.8 Å². The molecule has 200 valence electrons. The first-order chi connectivity index (χ1) is 19.9. The van der Waals surface area contributed by atoms with Gasteiger partial charge in [0, 0.05) is 34.5 Å². The molecular weight excluding hydrogens is 541 g/mol. The molecule has 40 heavy (non-hydrogen) atoms. The number of aromatic nitrogens is 1. The summed E-state index contributed by atoms with van der Waals surface area (Å²) in [6, 6.07) is 22.5. The Kier molecular flexibility index (Phi) is 5.91. The van der Waals surface area contributed by atoms with Crippen LogP contribution in [0.2, 0.25) is 10.0 Å². The van der Waals surface area contributed by atoms with Crippen LogP contribution in [0.25, 0.3) is 10.9 Å². The van der Waals surface area contributed by atoms with E-state index in [0.29, 0.717) is 55.2 Å². The van der Waals surface area contributed by atoms with Crippen molar-refractivity contribution in [3.63, 3.8) is 0 Å². The molecule has 0 saturated heterocycles. The summed E-state index contributed by atoms with van der Waals surface area (Å²) in [5.74, 6) is 0. The van der Waals surface area contributed by atoms with Gasteiger partial charge >= 0.3 is 0 Å². The Labute approximate surface area is 244 Å². The van der Waals surface area contributed by atoms with Gasteiger partial charge in [-0.05, 0) is 55.0 Å². The van der Waals surface area contributed by atoms with Gasteiger partial charge in [-0.3, -0.25) is 9.99 Å². The minimum Gasteiger partial charge on any atom is -0.374 e. The highest BCUT2D eigenvalue weighted by molar-refractivity contribution is 6.36. The molecule has 7 nitrogen and oxygen atoms in total. The van der Waals surface area contributed by atoms with Crippen molar-refractivity contribution in [3.05, 3.63) is 112 Å². The average molecular weight is 570 g/mol. The number of hydrazine groups is 2. The molecule has 4 N–H and O–H groups in total. The average Bonchev–Trinajstić information content (AvgIpc) is 3.92. The van der Waals surface area contributed by atoms with Gasteiger partial charge in [0.15, 0.2) is 0 Å². The predicted octanol–water partition coefficient (Wildman–Crippen LogP) is 7.00. The van der Waals surface area contributed by atoms with Crippen molar-refractivity contribution in [1.29, 1.82) is 5.26 Å². The van der Waals surface area contributed by atoms with E-state index in [-0.39, 0.29) is 5.54 Å². The number of benzene rings is 3. The second-order valence-corrected chi connectivity index (χ2v) is 11.3. The number of nitrogens with zero attached hydrogens (tertiary/aromatic N) is 3. The van der Waals surface area contributed by atoms with Gasteiger partial charge in [0.1, 0.15) is 6.07 Å². The Morgan fingerprint density at radius 1 is 1.07 bits per heavy atom. The standard InChI is InChI=1S/C31H27Cl2N7/c32-25-9-5-4-8-23(25)30(27-18-40(39-38-27)22-10-11-22)36-21-14-24-28(19(16-34)17-35-29(24)26(33)15-21)37-31(12-13-31)20-6-2-1-3-7-20/h1-9,14-15,17-18,22,30,36,38-39H,10-13H2,(H,35,37)/t30-/m1/s1/i30D. The molecule has 3 aliphatic rings. The van der Waals surface area contributed by atoms with Gasteiger partial charge in [0.25, 0.3) is 0 Å². The van der Waals surface area contributed by atoms with Gasteiger partial charge in [-0.15, -0.1) is 5.53 Å². The molecule has 0 spiro atoms. The van der Waals surface area contributed by atoms with Gasteiger partial charge in [-0.1, -0.05) is 71.7 Å². The Balaban J connectivity index is 1.33. The quantitative estimate of drug-likeness (QED) is 0.182. The van der Waals surface area contributed by atoms with Crippen LogP contribution in [-0.4, -0.2) is 16.0 Å². The van der Waals surface area contributed by atoms with E-state index in [2.05, 4.69) is 44.8 Å². The molecule has 1 atom stereocenters. The van der Waals surface area contributed by atoms with Crippen LogP contribution in [-0.2, 0) is 5.54 Å². The van der Waals surface area contributed by atoms with E-state index in [1.165, 1.54) is 5.56 Å². The highest BCUT2D eigenvalue weighted by atomic mass is 35.5. The molecule has 2 fully saturated rings. The van der Waals surface area contributed by atoms with Crippen LogP contribution >= 0.6 is 23.2 Å². The molecule has 0 unspecified atom stereocenters. The number of hydrogen-bond donors (Lipinski definition) is 4. The lowest BCUT2D eigenvalue weighted by molar-refractivity contribution is 0.260. The topological polar surface area (TPSA) is 88.0 Å². The number of rotatable bonds is 8. The van der Waals surface area contributed by atoms with Gasteiger partial charge in [-0.2, -0.15) is 5.26 Å². The van der Waals surface area contributed by atoms with E-state index in [4.69, 9.17) is 23.2 Å². The fourth-order valence-corrected chi connectivity index (χ4v) is 5.75. The first-order valence-corrected chi connectivity index (χ1v) is 14.1. The van der Waals surface area contributed by atoms with Crippen LogP contribution in [0.3, 0.4) is 0 Å². The van der Waals surface area contributed by atoms with Crippen LogP contribution in [0, 0.1) is 11.3 Å². The van der Waals surface area contributed by atoms with Crippen LogP contribution in [0.4, 0.5) is 11.4 Å². The van der Waals surface area contributed by atoms with Crippen LogP contribution in [0.5, 0.6) is 0 Å². The normalized spacial score (nSPS) is 19.2. The molecule has 0 amide bonds. The number of nitriles is 1. The molecule has 2 saturated carbocycles. The molecule has 4 aromatic rings. The van der Waals surface area contributed by atoms with Gasteiger partial charge < -0.3 is 16.1 Å². The number of halogens is 2. The van der Waals surface area contributed by atoms with Crippen LogP contribution < -0.4 is 21.6 Å². The maximum absolute atomic E-state index is 10.0. The largest absolute Gasteiger partial charge is 0.374 e. The third-order valence-corrected chi connectivity index (χ3v) is 8.31. The zero-order valence-electron chi connectivity index (χ0n) is 22.5. The maximum atomic E-state index is 10.0. The van der Waals surface area contributed by atoms with E-state index in [1.54, 1.807) is 18.3 Å². The van der Waals surface area contributed by atoms with Crippen molar-refractivity contribution in [2.24, 2.45) is 0 Å². The molecular formula is C31H27Cl2N7. The van der Waals surface area contributed by atoms with Crippen molar-refractivity contribution >= 4 is 45.5 Å². The number of anilines is 2. The van der Waals surface area contributed by atoms with E-state index < -0.39 is 6.02 Å². The Morgan fingerprint density at radius 3 is 2.58 bits per heavy atom. The lowest BCUT2D eigenvalue weighted by Gasteiger charge is -2.24. The van der Waals surface area contributed by atoms with Crippen molar-refractivity contribution in [1.82, 2.24) is 21.0 Å². The zero-order chi connectivity index (χ0) is 28.2. The van der Waals surface area contributed by atoms with E-state index in [0.717, 1.165) is 25.7 Å². The van der Waals surface area contributed by atoms with Gasteiger partial charge in [-0.25, -0.2) is 0 Å². The van der Waals surface area contributed by atoms with E-state index in [1.807, 2.05) is 53.7 Å². The lowest BCUT2D eigenvalue weighted by Crippen LogP contribution is -2.38. The maximum Gasteiger partial charge on any atom is 0.103 e. The Hall–Kier alpha value is -3.96. The Morgan fingerprint density at radius 2 is 1.85 bits per heavy atom. The second-order valence-electron chi connectivity index (χ2n) is 10.5. The minimum atomic E-state index is -1.48. The molecule has 2 heterocycles. The highest BCUT2D eigenvalue weighted by Gasteiger charge is 2.45. The smallest absolute Gasteiger partial charge is 0.103 e. The molecule has 1 aliphatic heterocycles. The number of pyridine rings is 1. The number of hydrogen-bond acceptors (Lipinski definition) is 7. The zero-order valence-corrected chi connectivity index (χ0v) is 23.0. The molecule has 9 heteroatoms. The molecule has 7 rings (SSSR count). The second kappa shape index (κ2) is 9.90. The molecule has 2 aliphatic carbocycles. The van der Waals surface area contributed by atoms with Gasteiger partial charge in [0.05, 0.1) is 40.4 Å². The molecule has 3 aromatic carbocycles. The van der Waals surface area contributed by atoms with E-state index in [9.17, 15) is 6.63 Å². The minimum absolute atomic E-state index is 0.260. The fraction of sp³-hybridized carbons (Fsp3) is 0.226. The molecule has 1 aromatic heterocycles. The monoisotopic (exact) mass is 568 g/mol. The van der Waals surface area contributed by atoms with E-state index >= 15 is 0 Å². The summed E-state index contributed by atoms with van der Waals surface area (Å²) in [5.41, 5.74) is 10.7. The van der Waals surface area contributed by atoms with Crippen molar-refractivity contribution in [2.75, 3.05) is 10.6 Å². The lowest BCUT2D eigenvalue weighted by atomic mass is 10.0. The fourth-order valence-electron chi connectivity index (χ4n) is 5.25. The first-order valence-electron chi connectivity index (χ1n) is 13.8. The Bertz CT molecular complexity index is 1730. The summed E-state index contributed by atoms with van der Waals surface area (Å²) in [5, 5.41) is 20.7. The highest BCUT2D eigenvalue weighted by Crippen LogP contribution is 2.50. The number of nitrogens with one attached hydrogen (secondary N) is 4. The summed E-state index contributed by atoms with van der Waals surface area (Å²) in [7, 11) is 0. The van der Waals surface area contributed by atoms with Crippen LogP contribution in [0.15, 0.2) is 84.8 Å². The summed E-state index contributed by atoms with van der Waals surface area (Å²) in [6.45, 7) is 0. The summed E-state index contributed by atoms with van der Waals surface area (Å²) in [4.78, 5) is 4.53. The summed E-state index contributed by atoms with van der Waals surface area (Å²) < 4.78 is 9.75. The predicted molar refractivity (Wildman–Crippen MR) is 159 cm³/mol. The third kappa shape index (κ3) is 4.58. The summed E-state index contributed by atoms with van der Waals surface area (Å²) >= 11 is 13.5. The van der Waals surface area contributed by atoms with Crippen molar-refractivity contribution in [2.45, 2.75) is 43.3 Å². The van der Waals surface area contributed by atoms with Gasteiger partial charge in [0.2, 0.25) is 0 Å². The van der Waals surface area contributed by atoms with Crippen molar-refractivity contribution < 1.29 is 1.37 Å². The third-order valence-electron chi connectivity index (χ3n) is 7.70. The number of fused-ring (bicyclic) bond motifs is 1.